The van der Waals surface area contributed by atoms with Gasteiger partial charge in [-0.2, -0.15) is 0 Å². The van der Waals surface area contributed by atoms with Crippen molar-refractivity contribution in [2.45, 2.75) is 64.1 Å². The van der Waals surface area contributed by atoms with Gasteiger partial charge in [-0.3, -0.25) is 9.59 Å². The molecule has 1 saturated heterocycles. The molecule has 0 aliphatic carbocycles. The van der Waals surface area contributed by atoms with Crippen molar-refractivity contribution >= 4 is 23.6 Å². The summed E-state index contributed by atoms with van der Waals surface area (Å²) in [5, 5.41) is 0.987. The molecule has 1 fully saturated rings. The summed E-state index contributed by atoms with van der Waals surface area (Å²) in [5.41, 5.74) is 4.16. The Balaban J connectivity index is 1.41. The zero-order valence-electron chi connectivity index (χ0n) is 25.3. The maximum Gasteiger partial charge on any atom is 0.309 e. The summed E-state index contributed by atoms with van der Waals surface area (Å²) in [6.45, 7) is 6.53. The van der Waals surface area contributed by atoms with Crippen molar-refractivity contribution in [1.29, 1.82) is 0 Å². The predicted molar refractivity (Wildman–Crippen MR) is 167 cm³/mol. The highest BCUT2D eigenvalue weighted by Crippen LogP contribution is 2.37. The Morgan fingerprint density at radius 2 is 1.52 bits per heavy atom. The van der Waals surface area contributed by atoms with Gasteiger partial charge in [0, 0.05) is 42.9 Å². The van der Waals surface area contributed by atoms with E-state index in [1.807, 2.05) is 36.1 Å². The first-order valence-corrected chi connectivity index (χ1v) is 15.9. The molecule has 0 radical (unpaired) electrons. The van der Waals surface area contributed by atoms with Gasteiger partial charge in [0.25, 0.3) is 0 Å². The number of piperidine rings is 1. The molecule has 0 saturated carbocycles. The van der Waals surface area contributed by atoms with Crippen LogP contribution in [0.2, 0.25) is 0 Å². The molecule has 2 aromatic carbocycles. The molecule has 1 aromatic heterocycles. The summed E-state index contributed by atoms with van der Waals surface area (Å²) in [4.78, 5) is 31.8. The minimum Gasteiger partial charge on any atom is -0.497 e. The summed E-state index contributed by atoms with van der Waals surface area (Å²) < 4.78 is 18.2. The number of carbonyl (C=O) groups is 2. The Hall–Kier alpha value is -3.46. The predicted octanol–water partition coefficient (Wildman–Crippen LogP) is 6.71. The summed E-state index contributed by atoms with van der Waals surface area (Å²) in [7, 11) is 3.35. The highest BCUT2D eigenvalue weighted by molar-refractivity contribution is 7.99. The molecule has 9 heteroatoms. The number of esters is 1. The average Bonchev–Trinajstić information content (AvgIpc) is 3.39. The fraction of sp³-hybridized carbons (Fsp3) is 0.485. The summed E-state index contributed by atoms with van der Waals surface area (Å²) in [5.74, 6) is 2.47. The smallest absolute Gasteiger partial charge is 0.309 e. The van der Waals surface area contributed by atoms with Gasteiger partial charge in [-0.25, -0.2) is 4.98 Å². The molecule has 42 heavy (non-hydrogen) atoms. The second-order valence-corrected chi connectivity index (χ2v) is 11.5. The van der Waals surface area contributed by atoms with Crippen LogP contribution >= 0.6 is 11.8 Å². The molecule has 1 amide bonds. The van der Waals surface area contributed by atoms with Crippen LogP contribution in [0.4, 0.5) is 0 Å². The molecule has 1 aliphatic heterocycles. The van der Waals surface area contributed by atoms with Crippen molar-refractivity contribution in [1.82, 2.24) is 14.5 Å². The molecule has 0 bridgehead atoms. The Morgan fingerprint density at radius 3 is 2.10 bits per heavy atom. The fourth-order valence-electron chi connectivity index (χ4n) is 5.29. The SMILES string of the molecule is CCCn1c(SCCCCC(=O)N2CCC(C(=O)OCC)CC2)nc(-c2ccc(OC)cc2)c1-c1ccc(OC)cc1. The van der Waals surface area contributed by atoms with Gasteiger partial charge in [-0.05, 0) is 87.6 Å². The van der Waals surface area contributed by atoms with E-state index in [0.29, 0.717) is 39.0 Å². The minimum absolute atomic E-state index is 0.0807. The number of benzene rings is 2. The molecule has 0 unspecified atom stereocenters. The lowest BCUT2D eigenvalue weighted by molar-refractivity contribution is -0.151. The van der Waals surface area contributed by atoms with E-state index in [1.165, 1.54) is 0 Å². The normalized spacial score (nSPS) is 13.7. The molecule has 0 N–H and O–H groups in total. The largest absolute Gasteiger partial charge is 0.497 e. The Bertz CT molecular complexity index is 1300. The van der Waals surface area contributed by atoms with E-state index in [1.54, 1.807) is 26.0 Å². The number of unbranched alkanes of at least 4 members (excludes halogenated alkanes) is 1. The third-order valence-electron chi connectivity index (χ3n) is 7.59. The molecular formula is C33H43N3O5S. The second kappa shape index (κ2) is 15.7. The third kappa shape index (κ3) is 7.88. The number of thioether (sulfide) groups is 1. The molecule has 3 aromatic rings. The number of imidazole rings is 1. The number of hydrogen-bond acceptors (Lipinski definition) is 7. The first-order chi connectivity index (χ1) is 20.5. The van der Waals surface area contributed by atoms with Gasteiger partial charge < -0.3 is 23.7 Å². The van der Waals surface area contributed by atoms with Gasteiger partial charge in [-0.15, -0.1) is 0 Å². The fourth-order valence-corrected chi connectivity index (χ4v) is 6.32. The van der Waals surface area contributed by atoms with Crippen LogP contribution in [-0.4, -0.2) is 66.0 Å². The minimum atomic E-state index is -0.131. The molecule has 0 atom stereocenters. The molecule has 0 spiro atoms. The second-order valence-electron chi connectivity index (χ2n) is 10.4. The molecule has 4 rings (SSSR count). The number of carbonyl (C=O) groups excluding carboxylic acids is 2. The van der Waals surface area contributed by atoms with E-state index in [-0.39, 0.29) is 17.8 Å². The van der Waals surface area contributed by atoms with Crippen molar-refractivity contribution in [3.8, 4) is 34.0 Å². The van der Waals surface area contributed by atoms with Gasteiger partial charge in [0.2, 0.25) is 5.91 Å². The first kappa shape index (κ1) is 31.5. The van der Waals surface area contributed by atoms with Crippen molar-refractivity contribution in [3.63, 3.8) is 0 Å². The van der Waals surface area contributed by atoms with E-state index in [9.17, 15) is 9.59 Å². The molecule has 2 heterocycles. The van der Waals surface area contributed by atoms with Crippen LogP contribution in [0.25, 0.3) is 22.5 Å². The standard InChI is InChI=1S/C33H43N3O5S/c1-5-20-36-31(25-12-16-28(40-4)17-13-25)30(24-10-14-27(39-3)15-11-24)34-33(36)42-23-8-7-9-29(37)35-21-18-26(19-22-35)32(38)41-6-2/h10-17,26H,5-9,18-23H2,1-4H3. The van der Waals surface area contributed by atoms with Gasteiger partial charge in [-0.1, -0.05) is 18.7 Å². The number of aromatic nitrogens is 2. The lowest BCUT2D eigenvalue weighted by Gasteiger charge is -2.31. The summed E-state index contributed by atoms with van der Waals surface area (Å²) >= 11 is 1.75. The van der Waals surface area contributed by atoms with Crippen LogP contribution in [0.5, 0.6) is 11.5 Å². The highest BCUT2D eigenvalue weighted by atomic mass is 32.2. The number of amides is 1. The van der Waals surface area contributed by atoms with Crippen LogP contribution in [0.3, 0.4) is 0 Å². The zero-order chi connectivity index (χ0) is 29.9. The number of hydrogen-bond donors (Lipinski definition) is 0. The summed E-state index contributed by atoms with van der Waals surface area (Å²) in [6, 6.07) is 16.2. The zero-order valence-corrected chi connectivity index (χ0v) is 26.1. The number of methoxy groups -OCH3 is 2. The first-order valence-electron chi connectivity index (χ1n) is 15.0. The van der Waals surface area contributed by atoms with Gasteiger partial charge >= 0.3 is 5.97 Å². The van der Waals surface area contributed by atoms with Crippen LogP contribution in [0.1, 0.15) is 52.4 Å². The number of rotatable bonds is 14. The molecule has 226 valence electrons. The van der Waals surface area contributed by atoms with Crippen LogP contribution in [0.15, 0.2) is 53.7 Å². The molecular weight excluding hydrogens is 550 g/mol. The monoisotopic (exact) mass is 593 g/mol. The number of nitrogens with zero attached hydrogens (tertiary/aromatic N) is 3. The van der Waals surface area contributed by atoms with Gasteiger partial charge in [0.15, 0.2) is 5.16 Å². The Kier molecular flexibility index (Phi) is 11.7. The maximum atomic E-state index is 12.8. The van der Waals surface area contributed by atoms with E-state index in [2.05, 4.69) is 35.8 Å². The number of ether oxygens (including phenoxy) is 3. The van der Waals surface area contributed by atoms with Crippen LogP contribution in [-0.2, 0) is 20.9 Å². The Morgan fingerprint density at radius 1 is 0.905 bits per heavy atom. The van der Waals surface area contributed by atoms with Crippen molar-refractivity contribution < 1.29 is 23.8 Å². The maximum absolute atomic E-state index is 12.8. The van der Waals surface area contributed by atoms with Crippen molar-refractivity contribution in [2.75, 3.05) is 39.7 Å². The van der Waals surface area contributed by atoms with Crippen LogP contribution < -0.4 is 9.47 Å². The topological polar surface area (TPSA) is 82.9 Å². The van der Waals surface area contributed by atoms with E-state index in [4.69, 9.17) is 19.2 Å². The van der Waals surface area contributed by atoms with Gasteiger partial charge in [0.05, 0.1) is 38.1 Å². The van der Waals surface area contributed by atoms with Crippen LogP contribution in [0, 0.1) is 5.92 Å². The molecule has 8 nitrogen and oxygen atoms in total. The lowest BCUT2D eigenvalue weighted by Crippen LogP contribution is -2.40. The molecule has 1 aliphatic rings. The quantitative estimate of drug-likeness (QED) is 0.117. The Labute approximate surface area is 253 Å². The van der Waals surface area contributed by atoms with E-state index < -0.39 is 0 Å². The van der Waals surface area contributed by atoms with E-state index in [0.717, 1.165) is 70.7 Å². The highest BCUT2D eigenvalue weighted by Gasteiger charge is 2.28. The lowest BCUT2D eigenvalue weighted by atomic mass is 9.96. The van der Waals surface area contributed by atoms with Crippen molar-refractivity contribution in [3.05, 3.63) is 48.5 Å². The van der Waals surface area contributed by atoms with Crippen molar-refractivity contribution in [2.24, 2.45) is 5.92 Å². The summed E-state index contributed by atoms with van der Waals surface area (Å²) in [6.07, 6.45) is 4.64. The third-order valence-corrected chi connectivity index (χ3v) is 8.65. The average molecular weight is 594 g/mol. The van der Waals surface area contributed by atoms with E-state index >= 15 is 0 Å². The van der Waals surface area contributed by atoms with Gasteiger partial charge in [0.1, 0.15) is 11.5 Å². The number of likely N-dealkylation sites (tertiary alicyclic amines) is 1.